The first-order valence-electron chi connectivity index (χ1n) is 9.83. The van der Waals surface area contributed by atoms with Gasteiger partial charge < -0.3 is 15.4 Å². The maximum atomic E-state index is 12.6. The molecular weight excluding hydrogens is 434 g/mol. The highest BCUT2D eigenvalue weighted by Crippen LogP contribution is 2.23. The zero-order valence-corrected chi connectivity index (χ0v) is 18.6. The molecule has 0 aliphatic heterocycles. The van der Waals surface area contributed by atoms with Crippen molar-refractivity contribution in [1.29, 1.82) is 0 Å². The Morgan fingerprint density at radius 2 is 1.81 bits per heavy atom. The third kappa shape index (κ3) is 5.30. The number of hydrogen-bond acceptors (Lipinski definition) is 6. The Hall–Kier alpha value is -3.72. The van der Waals surface area contributed by atoms with E-state index < -0.39 is 17.8 Å². The van der Waals surface area contributed by atoms with Crippen LogP contribution in [0.1, 0.15) is 39.0 Å². The quantitative estimate of drug-likeness (QED) is 0.526. The van der Waals surface area contributed by atoms with Crippen LogP contribution in [0.4, 0.5) is 11.4 Å². The van der Waals surface area contributed by atoms with E-state index in [0.717, 1.165) is 5.56 Å². The number of hydrogen-bond donors (Lipinski definition) is 2. The fraction of sp³-hybridized carbons (Fsp3) is 0.227. The summed E-state index contributed by atoms with van der Waals surface area (Å²) in [6, 6.07) is 11.8. The van der Waals surface area contributed by atoms with Gasteiger partial charge in [-0.25, -0.2) is 9.48 Å². The molecule has 0 spiro atoms. The SMILES string of the molecule is CCOC(=O)c1ccccc1NC(=O)Cn1nnc(C(=O)Nc2ccc(C)cc2Cl)c1C. The van der Waals surface area contributed by atoms with Gasteiger partial charge in [0.15, 0.2) is 5.69 Å². The smallest absolute Gasteiger partial charge is 0.340 e. The van der Waals surface area contributed by atoms with E-state index in [0.29, 0.717) is 22.1 Å². The number of para-hydroxylation sites is 1. The van der Waals surface area contributed by atoms with Gasteiger partial charge >= 0.3 is 5.97 Å². The third-order valence-electron chi connectivity index (χ3n) is 4.56. The van der Waals surface area contributed by atoms with E-state index in [1.54, 1.807) is 50.2 Å². The summed E-state index contributed by atoms with van der Waals surface area (Å²) in [6.07, 6.45) is 0. The van der Waals surface area contributed by atoms with Crippen molar-refractivity contribution in [3.8, 4) is 0 Å². The van der Waals surface area contributed by atoms with Gasteiger partial charge in [-0.15, -0.1) is 5.10 Å². The van der Waals surface area contributed by atoms with Gasteiger partial charge in [-0.3, -0.25) is 9.59 Å². The number of nitrogens with zero attached hydrogens (tertiary/aromatic N) is 3. The van der Waals surface area contributed by atoms with E-state index in [-0.39, 0.29) is 24.4 Å². The first kappa shape index (κ1) is 23.0. The molecule has 0 aliphatic rings. The Bertz CT molecular complexity index is 1170. The Kier molecular flexibility index (Phi) is 7.21. The number of benzene rings is 2. The summed E-state index contributed by atoms with van der Waals surface area (Å²) in [5.41, 5.74) is 2.45. The second kappa shape index (κ2) is 10.1. The molecule has 2 aromatic carbocycles. The summed E-state index contributed by atoms with van der Waals surface area (Å²) in [4.78, 5) is 37.2. The Morgan fingerprint density at radius 1 is 1.06 bits per heavy atom. The number of ether oxygens (including phenoxy) is 1. The molecule has 9 nitrogen and oxygen atoms in total. The number of halogens is 1. The summed E-state index contributed by atoms with van der Waals surface area (Å²) < 4.78 is 6.31. The van der Waals surface area contributed by atoms with Gasteiger partial charge in [-0.1, -0.05) is 35.0 Å². The van der Waals surface area contributed by atoms with E-state index in [4.69, 9.17) is 16.3 Å². The van der Waals surface area contributed by atoms with Crippen LogP contribution >= 0.6 is 11.6 Å². The van der Waals surface area contributed by atoms with E-state index in [1.165, 1.54) is 4.68 Å². The lowest BCUT2D eigenvalue weighted by Gasteiger charge is -2.11. The van der Waals surface area contributed by atoms with Gasteiger partial charge in [0.25, 0.3) is 5.91 Å². The summed E-state index contributed by atoms with van der Waals surface area (Å²) in [5, 5.41) is 13.6. The zero-order valence-electron chi connectivity index (χ0n) is 17.8. The summed E-state index contributed by atoms with van der Waals surface area (Å²) in [6.45, 7) is 5.24. The number of carbonyl (C=O) groups is 3. The number of aromatic nitrogens is 3. The molecule has 3 aromatic rings. The predicted molar refractivity (Wildman–Crippen MR) is 120 cm³/mol. The first-order valence-corrected chi connectivity index (χ1v) is 10.2. The van der Waals surface area contributed by atoms with Gasteiger partial charge in [0, 0.05) is 0 Å². The lowest BCUT2D eigenvalue weighted by Crippen LogP contribution is -2.22. The normalized spacial score (nSPS) is 10.5. The van der Waals surface area contributed by atoms with E-state index in [1.807, 2.05) is 13.0 Å². The van der Waals surface area contributed by atoms with Crippen molar-refractivity contribution in [2.45, 2.75) is 27.3 Å². The van der Waals surface area contributed by atoms with Crippen LogP contribution in [0.3, 0.4) is 0 Å². The zero-order chi connectivity index (χ0) is 23.3. The molecule has 2 amide bonds. The molecule has 32 heavy (non-hydrogen) atoms. The molecule has 166 valence electrons. The maximum absolute atomic E-state index is 12.6. The molecule has 0 fully saturated rings. The minimum absolute atomic E-state index is 0.0707. The number of esters is 1. The number of carbonyl (C=O) groups excluding carboxylic acids is 3. The van der Waals surface area contributed by atoms with Gasteiger partial charge in [0.2, 0.25) is 5.91 Å². The Morgan fingerprint density at radius 3 is 2.53 bits per heavy atom. The van der Waals surface area contributed by atoms with Crippen LogP contribution in [0.5, 0.6) is 0 Å². The maximum Gasteiger partial charge on any atom is 0.340 e. The molecule has 0 radical (unpaired) electrons. The van der Waals surface area contributed by atoms with Crippen molar-refractivity contribution in [2.75, 3.05) is 17.2 Å². The molecular formula is C22H22ClN5O4. The molecule has 3 rings (SSSR count). The fourth-order valence-electron chi connectivity index (χ4n) is 2.93. The summed E-state index contributed by atoms with van der Waals surface area (Å²) in [5.74, 6) is -1.47. The highest BCUT2D eigenvalue weighted by Gasteiger charge is 2.20. The topological polar surface area (TPSA) is 115 Å². The van der Waals surface area contributed by atoms with Crippen LogP contribution in [0.15, 0.2) is 42.5 Å². The average Bonchev–Trinajstić information content (AvgIpc) is 3.10. The highest BCUT2D eigenvalue weighted by atomic mass is 35.5. The molecule has 2 N–H and O–H groups in total. The van der Waals surface area contributed by atoms with Crippen molar-refractivity contribution in [2.24, 2.45) is 0 Å². The second-order valence-corrected chi connectivity index (χ2v) is 7.34. The van der Waals surface area contributed by atoms with Crippen molar-refractivity contribution in [3.63, 3.8) is 0 Å². The minimum atomic E-state index is -0.533. The molecule has 0 unspecified atom stereocenters. The van der Waals surface area contributed by atoms with Crippen LogP contribution < -0.4 is 10.6 Å². The molecule has 1 aromatic heterocycles. The number of aryl methyl sites for hydroxylation is 1. The predicted octanol–water partition coefficient (Wildman–Crippen LogP) is 3.62. The Balaban J connectivity index is 1.70. The molecule has 0 saturated carbocycles. The summed E-state index contributed by atoms with van der Waals surface area (Å²) >= 11 is 6.16. The Labute approximate surface area is 189 Å². The highest BCUT2D eigenvalue weighted by molar-refractivity contribution is 6.34. The standard InChI is InChI=1S/C22H22ClN5O4/c1-4-32-22(31)15-7-5-6-8-17(15)24-19(29)12-28-14(3)20(26-27-28)21(30)25-18-10-9-13(2)11-16(18)23/h5-11H,4,12H2,1-3H3,(H,24,29)(H,25,30). The van der Waals surface area contributed by atoms with Gasteiger partial charge in [-0.05, 0) is 50.6 Å². The van der Waals surface area contributed by atoms with Crippen molar-refractivity contribution >= 4 is 40.8 Å². The first-order chi connectivity index (χ1) is 15.3. The van der Waals surface area contributed by atoms with Crippen LogP contribution in [-0.4, -0.2) is 39.4 Å². The molecule has 0 saturated heterocycles. The largest absolute Gasteiger partial charge is 0.462 e. The summed E-state index contributed by atoms with van der Waals surface area (Å²) in [7, 11) is 0. The molecule has 0 bridgehead atoms. The number of anilines is 2. The average molecular weight is 456 g/mol. The fourth-order valence-corrected chi connectivity index (χ4v) is 3.21. The third-order valence-corrected chi connectivity index (χ3v) is 4.87. The lowest BCUT2D eigenvalue weighted by atomic mass is 10.2. The monoisotopic (exact) mass is 455 g/mol. The van der Waals surface area contributed by atoms with Gasteiger partial charge in [0.05, 0.1) is 34.3 Å². The molecule has 10 heteroatoms. The van der Waals surface area contributed by atoms with Crippen molar-refractivity contribution in [3.05, 3.63) is 70.0 Å². The van der Waals surface area contributed by atoms with E-state index >= 15 is 0 Å². The number of nitrogens with one attached hydrogen (secondary N) is 2. The van der Waals surface area contributed by atoms with Crippen molar-refractivity contribution < 1.29 is 19.1 Å². The van der Waals surface area contributed by atoms with Crippen LogP contribution in [0.25, 0.3) is 0 Å². The van der Waals surface area contributed by atoms with E-state index in [9.17, 15) is 14.4 Å². The van der Waals surface area contributed by atoms with Crippen LogP contribution in [0.2, 0.25) is 5.02 Å². The van der Waals surface area contributed by atoms with Crippen molar-refractivity contribution in [1.82, 2.24) is 15.0 Å². The second-order valence-electron chi connectivity index (χ2n) is 6.93. The van der Waals surface area contributed by atoms with Crippen LogP contribution in [-0.2, 0) is 16.1 Å². The molecule has 1 heterocycles. The van der Waals surface area contributed by atoms with Crippen LogP contribution in [0, 0.1) is 13.8 Å². The number of amides is 2. The lowest BCUT2D eigenvalue weighted by molar-refractivity contribution is -0.117. The van der Waals surface area contributed by atoms with Gasteiger partial charge in [-0.2, -0.15) is 0 Å². The van der Waals surface area contributed by atoms with E-state index in [2.05, 4.69) is 20.9 Å². The molecule has 0 aliphatic carbocycles. The minimum Gasteiger partial charge on any atom is -0.462 e. The number of rotatable bonds is 7. The molecule has 0 atom stereocenters. The van der Waals surface area contributed by atoms with Gasteiger partial charge in [0.1, 0.15) is 6.54 Å².